The summed E-state index contributed by atoms with van der Waals surface area (Å²) in [6, 6.07) is 8.73. The van der Waals surface area contributed by atoms with Gasteiger partial charge >= 0.3 is 0 Å². The van der Waals surface area contributed by atoms with Crippen molar-refractivity contribution < 1.29 is 23.1 Å². The third-order valence-electron chi connectivity index (χ3n) is 3.74. The Kier molecular flexibility index (Phi) is 5.75. The van der Waals surface area contributed by atoms with Crippen molar-refractivity contribution in [3.8, 4) is 5.75 Å². The standard InChI is InChI=1S/C19H16F2N2O3S/c1-2-26-12-5-3-11(4-6-12)16(24)7-8-18(25)23-19-22-15-9-13(20)14(21)10-17(15)27-19/h3-6,9-10H,2,7-8H2,1H3,(H,22,23,25). The minimum absolute atomic E-state index is 0.0231. The topological polar surface area (TPSA) is 68.3 Å². The van der Waals surface area contributed by atoms with Crippen molar-refractivity contribution in [2.24, 2.45) is 0 Å². The number of halogens is 2. The van der Waals surface area contributed by atoms with Gasteiger partial charge in [0.25, 0.3) is 0 Å². The molecule has 0 fully saturated rings. The van der Waals surface area contributed by atoms with E-state index in [0.29, 0.717) is 22.6 Å². The molecule has 0 saturated heterocycles. The monoisotopic (exact) mass is 390 g/mol. The second-order valence-electron chi connectivity index (χ2n) is 5.68. The van der Waals surface area contributed by atoms with Crippen molar-refractivity contribution in [2.45, 2.75) is 19.8 Å². The number of nitrogens with one attached hydrogen (secondary N) is 1. The highest BCUT2D eigenvalue weighted by atomic mass is 32.1. The molecule has 0 aliphatic carbocycles. The van der Waals surface area contributed by atoms with Gasteiger partial charge in [-0.25, -0.2) is 13.8 Å². The number of ether oxygens (including phenoxy) is 1. The number of benzene rings is 2. The van der Waals surface area contributed by atoms with E-state index in [1.54, 1.807) is 24.3 Å². The van der Waals surface area contributed by atoms with Crippen molar-refractivity contribution >= 4 is 38.4 Å². The predicted octanol–water partition coefficient (Wildman–Crippen LogP) is 4.57. The molecule has 8 heteroatoms. The number of aromatic nitrogens is 1. The summed E-state index contributed by atoms with van der Waals surface area (Å²) in [7, 11) is 0. The Balaban J connectivity index is 1.57. The molecule has 0 unspecified atom stereocenters. The fraction of sp³-hybridized carbons (Fsp3) is 0.211. The molecular formula is C19H16F2N2O3S. The second-order valence-corrected chi connectivity index (χ2v) is 6.71. The SMILES string of the molecule is CCOc1ccc(C(=O)CCC(=O)Nc2nc3cc(F)c(F)cc3s2)cc1. The number of hydrogen-bond acceptors (Lipinski definition) is 5. The van der Waals surface area contributed by atoms with Crippen LogP contribution in [0, 0.1) is 11.6 Å². The van der Waals surface area contributed by atoms with Crippen LogP contribution in [0.25, 0.3) is 10.2 Å². The largest absolute Gasteiger partial charge is 0.494 e. The highest BCUT2D eigenvalue weighted by molar-refractivity contribution is 7.22. The lowest BCUT2D eigenvalue weighted by Crippen LogP contribution is -2.13. The van der Waals surface area contributed by atoms with Gasteiger partial charge < -0.3 is 10.1 Å². The Morgan fingerprint density at radius 1 is 1.11 bits per heavy atom. The van der Waals surface area contributed by atoms with Gasteiger partial charge in [-0.05, 0) is 37.3 Å². The summed E-state index contributed by atoms with van der Waals surface area (Å²) in [6.07, 6.45) is 0.0126. The highest BCUT2D eigenvalue weighted by Crippen LogP contribution is 2.28. The molecule has 0 bridgehead atoms. The van der Waals surface area contributed by atoms with E-state index >= 15 is 0 Å². The van der Waals surface area contributed by atoms with Gasteiger partial charge in [-0.2, -0.15) is 0 Å². The van der Waals surface area contributed by atoms with Gasteiger partial charge in [0.15, 0.2) is 22.5 Å². The number of hydrogen-bond donors (Lipinski definition) is 1. The third-order valence-corrected chi connectivity index (χ3v) is 4.68. The minimum atomic E-state index is -0.994. The number of amides is 1. The zero-order chi connectivity index (χ0) is 19.4. The molecule has 1 aromatic heterocycles. The summed E-state index contributed by atoms with van der Waals surface area (Å²) in [5, 5.41) is 2.78. The van der Waals surface area contributed by atoms with Gasteiger partial charge in [-0.15, -0.1) is 0 Å². The van der Waals surface area contributed by atoms with Crippen LogP contribution in [0.1, 0.15) is 30.1 Å². The first-order valence-electron chi connectivity index (χ1n) is 8.27. The third kappa shape index (κ3) is 4.65. The maximum atomic E-state index is 13.2. The van der Waals surface area contributed by atoms with E-state index in [0.717, 1.165) is 23.5 Å². The number of thiazole rings is 1. The zero-order valence-electron chi connectivity index (χ0n) is 14.4. The number of carbonyl (C=O) groups is 2. The van der Waals surface area contributed by atoms with E-state index in [9.17, 15) is 18.4 Å². The molecule has 2 aromatic carbocycles. The van der Waals surface area contributed by atoms with Crippen LogP contribution < -0.4 is 10.1 Å². The molecule has 3 aromatic rings. The quantitative estimate of drug-likeness (QED) is 0.600. The second kappa shape index (κ2) is 8.22. The molecular weight excluding hydrogens is 374 g/mol. The van der Waals surface area contributed by atoms with E-state index in [-0.39, 0.29) is 29.3 Å². The fourth-order valence-corrected chi connectivity index (χ4v) is 3.32. The van der Waals surface area contributed by atoms with Gasteiger partial charge in [-0.3, -0.25) is 9.59 Å². The molecule has 0 spiro atoms. The fourth-order valence-electron chi connectivity index (χ4n) is 2.43. The van der Waals surface area contributed by atoms with Crippen LogP contribution in [0.4, 0.5) is 13.9 Å². The van der Waals surface area contributed by atoms with Crippen LogP contribution in [-0.2, 0) is 4.79 Å². The minimum Gasteiger partial charge on any atom is -0.494 e. The molecule has 27 heavy (non-hydrogen) atoms. The molecule has 5 nitrogen and oxygen atoms in total. The molecule has 0 aliphatic rings. The first-order valence-corrected chi connectivity index (χ1v) is 9.09. The van der Waals surface area contributed by atoms with Crippen molar-refractivity contribution in [1.29, 1.82) is 0 Å². The van der Waals surface area contributed by atoms with Gasteiger partial charge in [0.1, 0.15) is 5.75 Å². The van der Waals surface area contributed by atoms with Crippen LogP contribution in [0.5, 0.6) is 5.75 Å². The van der Waals surface area contributed by atoms with Crippen molar-refractivity contribution in [3.63, 3.8) is 0 Å². The molecule has 3 rings (SSSR count). The van der Waals surface area contributed by atoms with E-state index in [4.69, 9.17) is 4.74 Å². The maximum absolute atomic E-state index is 13.2. The van der Waals surface area contributed by atoms with Gasteiger partial charge in [0.2, 0.25) is 5.91 Å². The number of anilines is 1. The van der Waals surface area contributed by atoms with E-state index in [1.807, 2.05) is 6.92 Å². The number of ketones is 1. The van der Waals surface area contributed by atoms with E-state index in [2.05, 4.69) is 10.3 Å². The van der Waals surface area contributed by atoms with Crippen LogP contribution >= 0.6 is 11.3 Å². The molecule has 0 radical (unpaired) electrons. The summed E-state index contributed by atoms with van der Waals surface area (Å²) in [6.45, 7) is 2.41. The van der Waals surface area contributed by atoms with Gasteiger partial charge in [-0.1, -0.05) is 11.3 Å². The number of carbonyl (C=O) groups excluding carboxylic acids is 2. The lowest BCUT2D eigenvalue weighted by atomic mass is 10.1. The van der Waals surface area contributed by atoms with Crippen molar-refractivity contribution in [3.05, 3.63) is 53.6 Å². The summed E-state index contributed by atoms with van der Waals surface area (Å²) in [4.78, 5) is 28.3. The molecule has 140 valence electrons. The van der Waals surface area contributed by atoms with Gasteiger partial charge in [0.05, 0.1) is 16.8 Å². The molecule has 1 N–H and O–H groups in total. The Labute approximate surface area is 158 Å². The summed E-state index contributed by atoms with van der Waals surface area (Å²) >= 11 is 1.04. The highest BCUT2D eigenvalue weighted by Gasteiger charge is 2.13. The van der Waals surface area contributed by atoms with Crippen molar-refractivity contribution in [1.82, 2.24) is 4.98 Å². The number of rotatable bonds is 7. The molecule has 0 atom stereocenters. The molecule has 0 saturated carbocycles. The van der Waals surface area contributed by atoms with Crippen molar-refractivity contribution in [2.75, 3.05) is 11.9 Å². The summed E-state index contributed by atoms with van der Waals surface area (Å²) in [5.74, 6) is -1.84. The van der Waals surface area contributed by atoms with E-state index < -0.39 is 17.5 Å². The molecule has 0 aliphatic heterocycles. The summed E-state index contributed by atoms with van der Waals surface area (Å²) in [5.41, 5.74) is 0.761. The Morgan fingerprint density at radius 3 is 2.52 bits per heavy atom. The summed E-state index contributed by atoms with van der Waals surface area (Å²) < 4.78 is 32.2. The average Bonchev–Trinajstić information content (AvgIpc) is 3.02. The first kappa shape index (κ1) is 18.9. The smallest absolute Gasteiger partial charge is 0.226 e. The average molecular weight is 390 g/mol. The lowest BCUT2D eigenvalue weighted by Gasteiger charge is -2.05. The van der Waals surface area contributed by atoms with Crippen LogP contribution in [0.15, 0.2) is 36.4 Å². The normalized spacial score (nSPS) is 10.8. The maximum Gasteiger partial charge on any atom is 0.226 e. The van der Waals surface area contributed by atoms with Crippen LogP contribution in [0.2, 0.25) is 0 Å². The predicted molar refractivity (Wildman–Crippen MR) is 99.3 cm³/mol. The first-order chi connectivity index (χ1) is 13.0. The Bertz CT molecular complexity index is 948. The van der Waals surface area contributed by atoms with Crippen LogP contribution in [-0.4, -0.2) is 23.3 Å². The Morgan fingerprint density at radius 2 is 1.81 bits per heavy atom. The Hall–Kier alpha value is -2.87. The molecule has 1 amide bonds. The zero-order valence-corrected chi connectivity index (χ0v) is 15.2. The van der Waals surface area contributed by atoms with E-state index in [1.165, 1.54) is 0 Å². The number of Topliss-reactive ketones (excluding diaryl/α,β-unsaturated/α-hetero) is 1. The molecule has 1 heterocycles. The number of nitrogens with zero attached hydrogens (tertiary/aromatic N) is 1. The number of fused-ring (bicyclic) bond motifs is 1. The van der Waals surface area contributed by atoms with Crippen LogP contribution in [0.3, 0.4) is 0 Å². The van der Waals surface area contributed by atoms with Gasteiger partial charge in [0, 0.05) is 24.5 Å². The lowest BCUT2D eigenvalue weighted by molar-refractivity contribution is -0.116.